The van der Waals surface area contributed by atoms with Crippen LogP contribution >= 0.6 is 15.9 Å². The molecule has 2 aromatic rings. The lowest BCUT2D eigenvalue weighted by Gasteiger charge is -2.07. The Kier molecular flexibility index (Phi) is 3.24. The molecule has 0 bridgehead atoms. The highest BCUT2D eigenvalue weighted by Crippen LogP contribution is 2.23. The molecule has 0 unspecified atom stereocenters. The van der Waals surface area contributed by atoms with Gasteiger partial charge in [-0.05, 0) is 33.6 Å². The van der Waals surface area contributed by atoms with Crippen LogP contribution in [0.5, 0.6) is 0 Å². The van der Waals surface area contributed by atoms with Gasteiger partial charge in [0.05, 0.1) is 10.2 Å². The highest BCUT2D eigenvalue weighted by Gasteiger charge is 2.07. The molecule has 2 nitrogen and oxygen atoms in total. The van der Waals surface area contributed by atoms with Crippen molar-refractivity contribution < 1.29 is 8.78 Å². The van der Waals surface area contributed by atoms with Gasteiger partial charge in [-0.1, -0.05) is 0 Å². The van der Waals surface area contributed by atoms with E-state index in [1.54, 1.807) is 6.20 Å². The molecular formula is C11H9BrF2N2. The van der Waals surface area contributed by atoms with Crippen LogP contribution in [0.2, 0.25) is 0 Å². The first-order valence-electron chi connectivity index (χ1n) is 4.67. The van der Waals surface area contributed by atoms with Crippen molar-refractivity contribution >= 4 is 21.6 Å². The molecule has 0 aliphatic rings. The average molecular weight is 287 g/mol. The van der Waals surface area contributed by atoms with Crippen molar-refractivity contribution in [1.82, 2.24) is 4.98 Å². The number of rotatable bonds is 3. The van der Waals surface area contributed by atoms with Gasteiger partial charge < -0.3 is 10.3 Å². The Balaban J connectivity index is 2.12. The Morgan fingerprint density at radius 3 is 2.75 bits per heavy atom. The summed E-state index contributed by atoms with van der Waals surface area (Å²) in [5.74, 6) is -1.21. The maximum absolute atomic E-state index is 13.3. The molecule has 2 N–H and O–H groups in total. The van der Waals surface area contributed by atoms with Crippen molar-refractivity contribution in [3.63, 3.8) is 0 Å². The molecule has 16 heavy (non-hydrogen) atoms. The van der Waals surface area contributed by atoms with Gasteiger partial charge in [-0.25, -0.2) is 8.78 Å². The molecule has 0 saturated carbocycles. The summed E-state index contributed by atoms with van der Waals surface area (Å²) in [6.45, 7) is 0.485. The Morgan fingerprint density at radius 2 is 2.06 bits per heavy atom. The zero-order valence-corrected chi connectivity index (χ0v) is 9.81. The van der Waals surface area contributed by atoms with Gasteiger partial charge in [0.25, 0.3) is 0 Å². The first kappa shape index (κ1) is 11.1. The van der Waals surface area contributed by atoms with Gasteiger partial charge in [-0.3, -0.25) is 0 Å². The Labute approximate surface area is 99.8 Å². The molecule has 84 valence electrons. The highest BCUT2D eigenvalue weighted by atomic mass is 79.9. The molecule has 1 heterocycles. The molecule has 0 fully saturated rings. The Morgan fingerprint density at radius 1 is 1.25 bits per heavy atom. The van der Waals surface area contributed by atoms with Crippen LogP contribution in [0.3, 0.4) is 0 Å². The lowest BCUT2D eigenvalue weighted by atomic mass is 10.2. The highest BCUT2D eigenvalue weighted by molar-refractivity contribution is 9.10. The minimum Gasteiger partial charge on any atom is -0.379 e. The molecule has 2 rings (SSSR count). The number of H-pyrrole nitrogens is 1. The van der Waals surface area contributed by atoms with Gasteiger partial charge in [0.2, 0.25) is 0 Å². The van der Waals surface area contributed by atoms with Crippen LogP contribution in [-0.2, 0) is 6.54 Å². The van der Waals surface area contributed by atoms with Crippen molar-refractivity contribution in [1.29, 1.82) is 0 Å². The Hall–Kier alpha value is -1.36. The van der Waals surface area contributed by atoms with E-state index in [-0.39, 0.29) is 10.2 Å². The fourth-order valence-corrected chi connectivity index (χ4v) is 1.67. The SMILES string of the molecule is Fc1cc(F)c(NCc2cc[nH]c2)cc1Br. The van der Waals surface area contributed by atoms with Crippen LogP contribution in [0, 0.1) is 11.6 Å². The van der Waals surface area contributed by atoms with Crippen molar-refractivity contribution in [2.45, 2.75) is 6.54 Å². The van der Waals surface area contributed by atoms with E-state index in [0.717, 1.165) is 11.6 Å². The van der Waals surface area contributed by atoms with Crippen LogP contribution in [-0.4, -0.2) is 4.98 Å². The fraction of sp³-hybridized carbons (Fsp3) is 0.0909. The van der Waals surface area contributed by atoms with Crippen molar-refractivity contribution in [3.05, 3.63) is 52.3 Å². The number of benzene rings is 1. The van der Waals surface area contributed by atoms with Gasteiger partial charge in [-0.2, -0.15) is 0 Å². The van der Waals surface area contributed by atoms with E-state index in [1.807, 2.05) is 12.3 Å². The summed E-state index contributed by atoms with van der Waals surface area (Å²) in [5.41, 5.74) is 1.27. The molecule has 0 radical (unpaired) electrons. The predicted octanol–water partition coefficient (Wildman–Crippen LogP) is 3.67. The quantitative estimate of drug-likeness (QED) is 0.828. The number of halogens is 3. The van der Waals surface area contributed by atoms with Crippen LogP contribution < -0.4 is 5.32 Å². The molecule has 1 aromatic carbocycles. The number of hydrogen-bond acceptors (Lipinski definition) is 1. The van der Waals surface area contributed by atoms with E-state index in [4.69, 9.17) is 0 Å². The van der Waals surface area contributed by atoms with E-state index in [9.17, 15) is 8.78 Å². The lowest BCUT2D eigenvalue weighted by molar-refractivity contribution is 0.580. The third-order valence-corrected chi connectivity index (χ3v) is 2.76. The Bertz CT molecular complexity index is 483. The number of aromatic nitrogens is 1. The topological polar surface area (TPSA) is 27.8 Å². The standard InChI is InChI=1S/C11H9BrF2N2/c12-8-3-11(10(14)4-9(8)13)16-6-7-1-2-15-5-7/h1-5,15-16H,6H2. The van der Waals surface area contributed by atoms with E-state index >= 15 is 0 Å². The first-order valence-corrected chi connectivity index (χ1v) is 5.46. The monoisotopic (exact) mass is 286 g/mol. The summed E-state index contributed by atoms with van der Waals surface area (Å²) in [6.07, 6.45) is 3.59. The second kappa shape index (κ2) is 4.65. The smallest absolute Gasteiger partial charge is 0.149 e. The van der Waals surface area contributed by atoms with Crippen LogP contribution in [0.4, 0.5) is 14.5 Å². The van der Waals surface area contributed by atoms with Crippen LogP contribution in [0.25, 0.3) is 0 Å². The van der Waals surface area contributed by atoms with E-state index in [1.165, 1.54) is 6.07 Å². The molecule has 5 heteroatoms. The van der Waals surface area contributed by atoms with Crippen molar-refractivity contribution in [2.75, 3.05) is 5.32 Å². The van der Waals surface area contributed by atoms with E-state index < -0.39 is 11.6 Å². The van der Waals surface area contributed by atoms with Crippen molar-refractivity contribution in [3.8, 4) is 0 Å². The number of aromatic amines is 1. The van der Waals surface area contributed by atoms with Crippen LogP contribution in [0.15, 0.2) is 35.1 Å². The summed E-state index contributed by atoms with van der Waals surface area (Å²) in [6, 6.07) is 4.12. The molecule has 0 aliphatic carbocycles. The first-order chi connectivity index (χ1) is 7.66. The lowest BCUT2D eigenvalue weighted by Crippen LogP contribution is -2.01. The predicted molar refractivity (Wildman–Crippen MR) is 62.2 cm³/mol. The maximum Gasteiger partial charge on any atom is 0.149 e. The molecule has 0 spiro atoms. The van der Waals surface area contributed by atoms with Gasteiger partial charge >= 0.3 is 0 Å². The number of nitrogens with one attached hydrogen (secondary N) is 2. The minimum atomic E-state index is -0.607. The molecule has 0 aliphatic heterocycles. The van der Waals surface area contributed by atoms with Crippen LogP contribution in [0.1, 0.15) is 5.56 Å². The number of anilines is 1. The fourth-order valence-electron chi connectivity index (χ4n) is 1.32. The van der Waals surface area contributed by atoms with E-state index in [2.05, 4.69) is 26.2 Å². The zero-order chi connectivity index (χ0) is 11.5. The second-order valence-corrected chi connectivity index (χ2v) is 4.17. The summed E-state index contributed by atoms with van der Waals surface area (Å²) in [4.78, 5) is 2.90. The summed E-state index contributed by atoms with van der Waals surface area (Å²) in [7, 11) is 0. The summed E-state index contributed by atoms with van der Waals surface area (Å²) < 4.78 is 26.5. The molecular weight excluding hydrogens is 278 g/mol. The maximum atomic E-state index is 13.3. The zero-order valence-electron chi connectivity index (χ0n) is 8.23. The third-order valence-electron chi connectivity index (χ3n) is 2.16. The third kappa shape index (κ3) is 2.41. The molecule has 1 aromatic heterocycles. The molecule has 0 amide bonds. The summed E-state index contributed by atoms with van der Waals surface area (Å²) >= 11 is 3.01. The van der Waals surface area contributed by atoms with Gasteiger partial charge in [-0.15, -0.1) is 0 Å². The van der Waals surface area contributed by atoms with Gasteiger partial charge in [0.15, 0.2) is 0 Å². The van der Waals surface area contributed by atoms with Gasteiger partial charge in [0.1, 0.15) is 11.6 Å². The van der Waals surface area contributed by atoms with Crippen molar-refractivity contribution in [2.24, 2.45) is 0 Å². The minimum absolute atomic E-state index is 0.241. The largest absolute Gasteiger partial charge is 0.379 e. The second-order valence-electron chi connectivity index (χ2n) is 3.32. The summed E-state index contributed by atoms with van der Waals surface area (Å²) in [5, 5.41) is 2.89. The average Bonchev–Trinajstić information content (AvgIpc) is 2.74. The normalized spacial score (nSPS) is 10.4. The van der Waals surface area contributed by atoms with Gasteiger partial charge in [0, 0.05) is 25.0 Å². The van der Waals surface area contributed by atoms with E-state index in [0.29, 0.717) is 6.54 Å². The molecule has 0 saturated heterocycles. The molecule has 0 atom stereocenters. The number of hydrogen-bond donors (Lipinski definition) is 2.